The number of unbranched alkanes of at least 4 members (excludes halogenated alkanes) is 7. The van der Waals surface area contributed by atoms with Gasteiger partial charge in [-0.3, -0.25) is 9.59 Å². The van der Waals surface area contributed by atoms with E-state index in [9.17, 15) is 9.59 Å². The average molecular weight is 519 g/mol. The minimum absolute atomic E-state index is 0.185. The quantitative estimate of drug-likeness (QED) is 0.406. The molecule has 6 heterocycles. The maximum atomic E-state index is 12.2. The number of pyridine rings is 2. The molecule has 6 nitrogen and oxygen atoms in total. The molecule has 0 amide bonds. The lowest BCUT2D eigenvalue weighted by Crippen LogP contribution is -2.47. The normalized spacial score (nSPS) is 26.6. The monoisotopic (exact) mass is 518 g/mol. The van der Waals surface area contributed by atoms with Gasteiger partial charge in [0.15, 0.2) is 0 Å². The molecule has 0 unspecified atom stereocenters. The van der Waals surface area contributed by atoms with Gasteiger partial charge in [0, 0.05) is 74.6 Å². The molecule has 0 spiro atoms. The van der Waals surface area contributed by atoms with Crippen LogP contribution in [0.3, 0.4) is 0 Å². The van der Waals surface area contributed by atoms with Crippen molar-refractivity contribution in [1.82, 2.24) is 18.9 Å². The van der Waals surface area contributed by atoms with Crippen LogP contribution in [0.1, 0.15) is 87.4 Å². The summed E-state index contributed by atoms with van der Waals surface area (Å²) in [7, 11) is 0. The number of nitrogens with zero attached hydrogens (tertiary/aromatic N) is 4. The van der Waals surface area contributed by atoms with E-state index < -0.39 is 0 Å². The number of fused-ring (bicyclic) bond motifs is 8. The van der Waals surface area contributed by atoms with E-state index in [1.54, 1.807) is 12.1 Å². The highest BCUT2D eigenvalue weighted by Gasteiger charge is 2.35. The molecular formula is C32H46N4O2. The minimum atomic E-state index is 0.185. The molecule has 4 aliphatic heterocycles. The third-order valence-corrected chi connectivity index (χ3v) is 9.81. The number of piperidine rings is 2. The summed E-state index contributed by atoms with van der Waals surface area (Å²) >= 11 is 0. The predicted octanol–water partition coefficient (Wildman–Crippen LogP) is 4.67. The summed E-state index contributed by atoms with van der Waals surface area (Å²) in [6, 6.07) is 11.7. The average Bonchev–Trinajstić information content (AvgIpc) is 2.91. The maximum Gasteiger partial charge on any atom is 0.250 e. The van der Waals surface area contributed by atoms with Gasteiger partial charge in [-0.25, -0.2) is 0 Å². The Morgan fingerprint density at radius 2 is 0.947 bits per heavy atom. The first-order valence-electron chi connectivity index (χ1n) is 15.5. The summed E-state index contributed by atoms with van der Waals surface area (Å²) in [5, 5.41) is 0. The van der Waals surface area contributed by atoms with Crippen LogP contribution in [-0.2, 0) is 13.1 Å². The highest BCUT2D eigenvalue weighted by atomic mass is 16.1. The minimum Gasteiger partial charge on any atom is -0.312 e. The number of rotatable bonds is 11. The first kappa shape index (κ1) is 26.1. The molecule has 2 saturated heterocycles. The van der Waals surface area contributed by atoms with Crippen LogP contribution < -0.4 is 11.1 Å². The van der Waals surface area contributed by atoms with Gasteiger partial charge in [-0.1, -0.05) is 50.7 Å². The molecule has 4 bridgehead atoms. The topological polar surface area (TPSA) is 50.5 Å². The Balaban J connectivity index is 0.817. The Kier molecular flexibility index (Phi) is 8.17. The van der Waals surface area contributed by atoms with Gasteiger partial charge in [0.05, 0.1) is 0 Å². The Hall–Kier alpha value is -2.18. The molecule has 0 aliphatic carbocycles. The van der Waals surface area contributed by atoms with Crippen molar-refractivity contribution in [3.8, 4) is 0 Å². The zero-order valence-corrected chi connectivity index (χ0v) is 23.1. The third kappa shape index (κ3) is 5.86. The largest absolute Gasteiger partial charge is 0.312 e. The van der Waals surface area contributed by atoms with Crippen LogP contribution in [0, 0.1) is 11.8 Å². The van der Waals surface area contributed by atoms with Crippen molar-refractivity contribution >= 4 is 0 Å². The van der Waals surface area contributed by atoms with Crippen molar-refractivity contribution in [1.29, 1.82) is 0 Å². The fourth-order valence-corrected chi connectivity index (χ4v) is 8.09. The van der Waals surface area contributed by atoms with Gasteiger partial charge in [-0.2, -0.15) is 0 Å². The second-order valence-electron chi connectivity index (χ2n) is 12.7. The van der Waals surface area contributed by atoms with E-state index in [4.69, 9.17) is 0 Å². The van der Waals surface area contributed by atoms with Gasteiger partial charge in [0.25, 0.3) is 11.1 Å². The molecular weight excluding hydrogens is 472 g/mol. The van der Waals surface area contributed by atoms with Crippen molar-refractivity contribution in [2.75, 3.05) is 39.3 Å². The van der Waals surface area contributed by atoms with Crippen molar-refractivity contribution < 1.29 is 0 Å². The summed E-state index contributed by atoms with van der Waals surface area (Å²) in [6.45, 7) is 8.86. The Morgan fingerprint density at radius 3 is 1.39 bits per heavy atom. The number of hydrogen-bond donors (Lipinski definition) is 0. The van der Waals surface area contributed by atoms with E-state index in [0.717, 1.165) is 26.2 Å². The predicted molar refractivity (Wildman–Crippen MR) is 153 cm³/mol. The van der Waals surface area contributed by atoms with Crippen molar-refractivity contribution in [2.24, 2.45) is 11.8 Å². The molecule has 0 saturated carbocycles. The second-order valence-corrected chi connectivity index (χ2v) is 12.7. The van der Waals surface area contributed by atoms with Crippen molar-refractivity contribution in [2.45, 2.75) is 89.1 Å². The number of hydrogen-bond acceptors (Lipinski definition) is 4. The second kappa shape index (κ2) is 11.9. The smallest absolute Gasteiger partial charge is 0.250 e. The Labute approximate surface area is 227 Å². The molecule has 2 fully saturated rings. The molecule has 0 radical (unpaired) electrons. The molecule has 4 atom stereocenters. The van der Waals surface area contributed by atoms with E-state index in [2.05, 4.69) is 21.9 Å². The van der Waals surface area contributed by atoms with E-state index in [1.807, 2.05) is 21.3 Å². The van der Waals surface area contributed by atoms with Gasteiger partial charge in [-0.15, -0.1) is 0 Å². The van der Waals surface area contributed by atoms with Crippen LogP contribution in [0.25, 0.3) is 0 Å². The molecule has 0 N–H and O–H groups in total. The summed E-state index contributed by atoms with van der Waals surface area (Å²) in [4.78, 5) is 29.8. The molecule has 6 rings (SSSR count). The molecule has 2 aromatic heterocycles. The molecule has 38 heavy (non-hydrogen) atoms. The fraction of sp³-hybridized carbons (Fsp3) is 0.688. The molecule has 206 valence electrons. The zero-order valence-electron chi connectivity index (χ0n) is 23.1. The highest BCUT2D eigenvalue weighted by molar-refractivity contribution is 5.18. The lowest BCUT2D eigenvalue weighted by Gasteiger charge is -2.42. The fourth-order valence-electron chi connectivity index (χ4n) is 8.09. The van der Waals surface area contributed by atoms with Crippen LogP contribution in [0.4, 0.5) is 0 Å². The SMILES string of the molecule is O=c1cccc2n1C[C@H]1C[C@@H]2CN(CCCCCCCCCCN2C[C@@H]3C[C@H](C2)c2cccc(=O)n2C3)C1. The van der Waals surface area contributed by atoms with E-state index in [-0.39, 0.29) is 11.1 Å². The zero-order chi connectivity index (χ0) is 25.9. The lowest BCUT2D eigenvalue weighted by molar-refractivity contribution is 0.118. The van der Waals surface area contributed by atoms with Crippen LogP contribution in [0.5, 0.6) is 0 Å². The van der Waals surface area contributed by atoms with Crippen LogP contribution >= 0.6 is 0 Å². The molecule has 0 aromatic carbocycles. The number of aromatic nitrogens is 2. The summed E-state index contributed by atoms with van der Waals surface area (Å²) < 4.78 is 4.08. The van der Waals surface area contributed by atoms with E-state index >= 15 is 0 Å². The van der Waals surface area contributed by atoms with Gasteiger partial charge >= 0.3 is 0 Å². The molecule has 4 aliphatic rings. The molecule has 6 heteroatoms. The first-order valence-corrected chi connectivity index (χ1v) is 15.5. The van der Waals surface area contributed by atoms with Gasteiger partial charge in [0.1, 0.15) is 0 Å². The van der Waals surface area contributed by atoms with Gasteiger partial charge in [-0.05, 0) is 62.7 Å². The lowest BCUT2D eigenvalue weighted by atomic mass is 9.83. The summed E-state index contributed by atoms with van der Waals surface area (Å²) in [5.41, 5.74) is 2.90. The summed E-state index contributed by atoms with van der Waals surface area (Å²) in [5.74, 6) is 2.38. The highest BCUT2D eigenvalue weighted by Crippen LogP contribution is 2.36. The summed E-state index contributed by atoms with van der Waals surface area (Å²) in [6.07, 6.45) is 13.3. The van der Waals surface area contributed by atoms with Gasteiger partial charge < -0.3 is 18.9 Å². The van der Waals surface area contributed by atoms with Crippen LogP contribution in [-0.4, -0.2) is 58.2 Å². The van der Waals surface area contributed by atoms with Gasteiger partial charge in [0.2, 0.25) is 0 Å². The van der Waals surface area contributed by atoms with Crippen LogP contribution in [0.2, 0.25) is 0 Å². The van der Waals surface area contributed by atoms with Crippen LogP contribution in [0.15, 0.2) is 46.0 Å². The van der Waals surface area contributed by atoms with Crippen molar-refractivity contribution in [3.63, 3.8) is 0 Å². The van der Waals surface area contributed by atoms with Crippen molar-refractivity contribution in [3.05, 3.63) is 68.5 Å². The number of likely N-dealkylation sites (tertiary alicyclic amines) is 2. The maximum absolute atomic E-state index is 12.2. The Bertz CT molecular complexity index is 1110. The van der Waals surface area contributed by atoms with E-state index in [1.165, 1.54) is 102 Å². The Morgan fingerprint density at radius 1 is 0.526 bits per heavy atom. The molecule has 2 aromatic rings. The third-order valence-electron chi connectivity index (χ3n) is 9.81. The van der Waals surface area contributed by atoms with E-state index in [0.29, 0.717) is 23.7 Å². The first-order chi connectivity index (χ1) is 18.6. The standard InChI is InChI=1S/C32H46N4O2/c37-31-13-9-11-29-27-17-25(21-35(29)31)19-33(23-27)15-7-5-3-1-2-4-6-8-16-34-20-26-18-28(24-34)30-12-10-14-32(38)36(30)22-26/h9-14,25-28H,1-8,15-24H2/t25-,26-,27+,28+/m0/s1.